The van der Waals surface area contributed by atoms with E-state index in [1.165, 1.54) is 44.1 Å². The van der Waals surface area contributed by atoms with Gasteiger partial charge in [-0.3, -0.25) is 0 Å². The van der Waals surface area contributed by atoms with Crippen molar-refractivity contribution in [3.05, 3.63) is 34.9 Å². The van der Waals surface area contributed by atoms with Gasteiger partial charge in [0.1, 0.15) is 0 Å². The number of rotatable bonds is 6. The van der Waals surface area contributed by atoms with E-state index in [0.29, 0.717) is 30.1 Å². The van der Waals surface area contributed by atoms with Crippen LogP contribution in [-0.4, -0.2) is 33.1 Å². The number of hydrogen-bond acceptors (Lipinski definition) is 3. The monoisotopic (exact) mass is 430 g/mol. The zero-order valence-corrected chi connectivity index (χ0v) is 20.5. The second-order valence-electron chi connectivity index (χ2n) is 11.6. The molecule has 176 valence electrons. The van der Waals surface area contributed by atoms with Crippen LogP contribution in [0.4, 0.5) is 0 Å². The van der Waals surface area contributed by atoms with Crippen LogP contribution in [0.3, 0.4) is 0 Å². The molecule has 0 spiro atoms. The van der Waals surface area contributed by atoms with E-state index in [9.17, 15) is 15.3 Å². The normalized spacial score (nSPS) is 36.5. The minimum atomic E-state index is -0.552. The molecule has 3 nitrogen and oxygen atoms in total. The van der Waals surface area contributed by atoms with E-state index in [2.05, 4.69) is 26.0 Å². The first-order chi connectivity index (χ1) is 14.5. The van der Waals surface area contributed by atoms with Crippen LogP contribution in [0.25, 0.3) is 0 Å². The van der Waals surface area contributed by atoms with Crippen molar-refractivity contribution in [3.8, 4) is 0 Å². The van der Waals surface area contributed by atoms with Gasteiger partial charge in [-0.15, -0.1) is 0 Å². The molecule has 3 fully saturated rings. The Morgan fingerprint density at radius 2 is 1.81 bits per heavy atom. The topological polar surface area (TPSA) is 60.7 Å². The highest BCUT2D eigenvalue weighted by atomic mass is 16.3. The van der Waals surface area contributed by atoms with Gasteiger partial charge in [0.15, 0.2) is 0 Å². The summed E-state index contributed by atoms with van der Waals surface area (Å²) in [6.45, 7) is 10.7. The predicted molar refractivity (Wildman–Crippen MR) is 129 cm³/mol. The molecular formula is C28H46O3. The van der Waals surface area contributed by atoms with E-state index in [1.807, 2.05) is 26.8 Å². The Kier molecular flexibility index (Phi) is 7.92. The molecule has 6 atom stereocenters. The lowest BCUT2D eigenvalue weighted by Gasteiger charge is -2.44. The Balaban J connectivity index is 1.68. The van der Waals surface area contributed by atoms with Crippen molar-refractivity contribution in [2.45, 2.75) is 117 Å². The summed E-state index contributed by atoms with van der Waals surface area (Å²) in [5, 5.41) is 30.7. The molecule has 3 saturated carbocycles. The zero-order chi connectivity index (χ0) is 22.8. The summed E-state index contributed by atoms with van der Waals surface area (Å²) >= 11 is 0. The molecule has 0 bridgehead atoms. The molecule has 31 heavy (non-hydrogen) atoms. The molecule has 0 saturated heterocycles. The summed E-state index contributed by atoms with van der Waals surface area (Å²) < 4.78 is 0. The Morgan fingerprint density at radius 3 is 2.42 bits per heavy atom. The fraction of sp³-hybridized carbons (Fsp3) is 0.786. The quantitative estimate of drug-likeness (QED) is 0.447. The van der Waals surface area contributed by atoms with Gasteiger partial charge in [0.25, 0.3) is 0 Å². The van der Waals surface area contributed by atoms with Crippen LogP contribution < -0.4 is 0 Å². The van der Waals surface area contributed by atoms with Gasteiger partial charge in [-0.25, -0.2) is 0 Å². The van der Waals surface area contributed by atoms with E-state index in [1.54, 1.807) is 5.57 Å². The number of aliphatic hydroxyl groups excluding tert-OH is 2. The highest BCUT2D eigenvalue weighted by molar-refractivity contribution is 5.30. The van der Waals surface area contributed by atoms with Crippen molar-refractivity contribution in [2.75, 3.05) is 0 Å². The van der Waals surface area contributed by atoms with Crippen LogP contribution in [0.1, 0.15) is 98.8 Å². The third kappa shape index (κ3) is 5.72. The van der Waals surface area contributed by atoms with Gasteiger partial charge in [-0.2, -0.15) is 0 Å². The molecule has 3 aliphatic rings. The van der Waals surface area contributed by atoms with E-state index in [0.717, 1.165) is 24.3 Å². The SMILES string of the molecule is CC=C1[C@H](O)CC(=C/C=C2\CCC[C@]3(C)[C@@H]([C@@H](C)CCCC(C)(C)O)CC[C@@H]23)C[C@H]1O. The maximum absolute atomic E-state index is 10.3. The van der Waals surface area contributed by atoms with Crippen LogP contribution in [0, 0.1) is 23.2 Å². The minimum absolute atomic E-state index is 0.389. The summed E-state index contributed by atoms with van der Waals surface area (Å²) in [6, 6.07) is 0. The van der Waals surface area contributed by atoms with Crippen LogP contribution in [0.2, 0.25) is 0 Å². The van der Waals surface area contributed by atoms with Gasteiger partial charge >= 0.3 is 0 Å². The third-order valence-electron chi connectivity index (χ3n) is 8.72. The van der Waals surface area contributed by atoms with Gasteiger partial charge in [0, 0.05) is 0 Å². The second kappa shape index (κ2) is 9.93. The number of hydrogen-bond donors (Lipinski definition) is 3. The summed E-state index contributed by atoms with van der Waals surface area (Å²) in [7, 11) is 0. The number of allylic oxidation sites excluding steroid dienone is 4. The molecule has 0 unspecified atom stereocenters. The van der Waals surface area contributed by atoms with Gasteiger partial charge in [-0.1, -0.05) is 56.1 Å². The molecule has 0 aromatic heterocycles. The molecule has 3 aliphatic carbocycles. The summed E-state index contributed by atoms with van der Waals surface area (Å²) in [5.41, 5.74) is 3.37. The third-order valence-corrected chi connectivity index (χ3v) is 8.72. The van der Waals surface area contributed by atoms with Gasteiger partial charge < -0.3 is 15.3 Å². The highest BCUT2D eigenvalue weighted by Crippen LogP contribution is 2.60. The molecular weight excluding hydrogens is 384 g/mol. The summed E-state index contributed by atoms with van der Waals surface area (Å²) in [6.07, 6.45) is 16.2. The average Bonchev–Trinajstić information content (AvgIpc) is 3.02. The molecule has 0 heterocycles. The number of fused-ring (bicyclic) bond motifs is 1. The van der Waals surface area contributed by atoms with Crippen LogP contribution >= 0.6 is 0 Å². The molecule has 0 aromatic rings. The second-order valence-corrected chi connectivity index (χ2v) is 11.6. The first-order valence-corrected chi connectivity index (χ1v) is 12.7. The average molecular weight is 431 g/mol. The summed E-state index contributed by atoms with van der Waals surface area (Å²) in [5.74, 6) is 2.15. The van der Waals surface area contributed by atoms with Crippen molar-refractivity contribution < 1.29 is 15.3 Å². The highest BCUT2D eigenvalue weighted by Gasteiger charge is 2.50. The molecule has 3 rings (SSSR count). The van der Waals surface area contributed by atoms with Crippen LogP contribution in [0.15, 0.2) is 34.9 Å². The van der Waals surface area contributed by atoms with Gasteiger partial charge in [0.2, 0.25) is 0 Å². The Labute approximate surface area is 190 Å². The van der Waals surface area contributed by atoms with E-state index in [4.69, 9.17) is 0 Å². The van der Waals surface area contributed by atoms with Crippen molar-refractivity contribution in [2.24, 2.45) is 23.2 Å². The lowest BCUT2D eigenvalue weighted by atomic mass is 9.60. The molecule has 0 aromatic carbocycles. The molecule has 0 aliphatic heterocycles. The van der Waals surface area contributed by atoms with Gasteiger partial charge in [-0.05, 0) is 101 Å². The zero-order valence-electron chi connectivity index (χ0n) is 20.5. The molecule has 0 amide bonds. The smallest absolute Gasteiger partial charge is 0.0812 e. The van der Waals surface area contributed by atoms with E-state index >= 15 is 0 Å². The van der Waals surface area contributed by atoms with E-state index < -0.39 is 17.8 Å². The lowest BCUT2D eigenvalue weighted by Crippen LogP contribution is -2.36. The predicted octanol–water partition coefficient (Wildman–Crippen LogP) is 6.09. The maximum Gasteiger partial charge on any atom is 0.0812 e. The fourth-order valence-corrected chi connectivity index (χ4v) is 7.06. The number of aliphatic hydroxyl groups is 3. The van der Waals surface area contributed by atoms with E-state index in [-0.39, 0.29) is 0 Å². The van der Waals surface area contributed by atoms with Crippen LogP contribution in [-0.2, 0) is 0 Å². The maximum atomic E-state index is 10.3. The molecule has 3 heteroatoms. The van der Waals surface area contributed by atoms with Crippen molar-refractivity contribution in [1.82, 2.24) is 0 Å². The standard InChI is InChI=1S/C28H46O3/c1-6-22-25(29)17-20(18-26(22)30)11-12-21-10-8-16-28(5)23(13-14-24(21)28)19(2)9-7-15-27(3,4)31/h6,11-12,19,23-26,29-31H,7-10,13-18H2,1-5H3/b20-11?,21-12+,22-6?/t19-,23+,24-,25+,26+,28+/m0/s1. The Morgan fingerprint density at radius 1 is 1.13 bits per heavy atom. The Bertz CT molecular complexity index is 694. The summed E-state index contributed by atoms with van der Waals surface area (Å²) in [4.78, 5) is 0. The minimum Gasteiger partial charge on any atom is -0.390 e. The van der Waals surface area contributed by atoms with Crippen LogP contribution in [0.5, 0.6) is 0 Å². The first-order valence-electron chi connectivity index (χ1n) is 12.7. The fourth-order valence-electron chi connectivity index (χ4n) is 7.06. The first kappa shape index (κ1) is 24.7. The molecule has 0 radical (unpaired) electrons. The largest absolute Gasteiger partial charge is 0.390 e. The van der Waals surface area contributed by atoms with Crippen molar-refractivity contribution >= 4 is 0 Å². The lowest BCUT2D eigenvalue weighted by molar-refractivity contribution is 0.0596. The molecule has 3 N–H and O–H groups in total. The Hall–Kier alpha value is -0.900. The van der Waals surface area contributed by atoms with Gasteiger partial charge in [0.05, 0.1) is 17.8 Å². The van der Waals surface area contributed by atoms with Crippen molar-refractivity contribution in [1.29, 1.82) is 0 Å². The van der Waals surface area contributed by atoms with Crippen molar-refractivity contribution in [3.63, 3.8) is 0 Å².